The lowest BCUT2D eigenvalue weighted by Gasteiger charge is -2.27. The van der Waals surface area contributed by atoms with Crippen LogP contribution in [0.1, 0.15) is 56.1 Å². The van der Waals surface area contributed by atoms with Gasteiger partial charge in [0.05, 0.1) is 0 Å². The molecule has 1 N–H and O–H groups in total. The summed E-state index contributed by atoms with van der Waals surface area (Å²) >= 11 is 3.58. The zero-order chi connectivity index (χ0) is 13.8. The van der Waals surface area contributed by atoms with Gasteiger partial charge in [-0.25, -0.2) is 0 Å². The van der Waals surface area contributed by atoms with Crippen molar-refractivity contribution in [3.63, 3.8) is 0 Å². The van der Waals surface area contributed by atoms with E-state index in [-0.39, 0.29) is 0 Å². The highest BCUT2D eigenvalue weighted by atomic mass is 79.9. The Hall–Kier alpha value is -0.340. The lowest BCUT2D eigenvalue weighted by molar-refractivity contribution is 0.323. The minimum Gasteiger partial charge on any atom is -0.314 e. The van der Waals surface area contributed by atoms with Crippen molar-refractivity contribution in [1.29, 1.82) is 0 Å². The second kappa shape index (κ2) is 7.09. The van der Waals surface area contributed by atoms with Gasteiger partial charge in [-0.2, -0.15) is 0 Å². The monoisotopic (exact) mass is 335 g/mol. The third kappa shape index (κ3) is 3.85. The van der Waals surface area contributed by atoms with E-state index in [0.717, 1.165) is 5.92 Å². The van der Waals surface area contributed by atoms with Crippen LogP contribution in [-0.4, -0.2) is 12.6 Å². The topological polar surface area (TPSA) is 12.0 Å². The number of hydrogen-bond donors (Lipinski definition) is 1. The first-order valence-corrected chi connectivity index (χ1v) is 9.11. The molecule has 1 nitrogen and oxygen atoms in total. The highest BCUT2D eigenvalue weighted by molar-refractivity contribution is 9.10. The van der Waals surface area contributed by atoms with Gasteiger partial charge in [-0.15, -0.1) is 0 Å². The van der Waals surface area contributed by atoms with Crippen molar-refractivity contribution in [3.05, 3.63) is 33.8 Å². The van der Waals surface area contributed by atoms with Crippen LogP contribution in [0.15, 0.2) is 22.7 Å². The van der Waals surface area contributed by atoms with E-state index in [9.17, 15) is 0 Å². The van der Waals surface area contributed by atoms with Crippen molar-refractivity contribution in [2.75, 3.05) is 6.54 Å². The maximum Gasteiger partial charge on any atom is 0.0178 e. The molecule has 0 saturated heterocycles. The smallest absolute Gasteiger partial charge is 0.0178 e. The Morgan fingerprint density at radius 1 is 1.05 bits per heavy atom. The van der Waals surface area contributed by atoms with Crippen molar-refractivity contribution in [1.82, 2.24) is 5.32 Å². The molecule has 0 radical (unpaired) electrons. The Balaban J connectivity index is 1.44. The first-order chi connectivity index (χ1) is 9.81. The van der Waals surface area contributed by atoms with Gasteiger partial charge >= 0.3 is 0 Å². The minimum atomic E-state index is 0.701. The summed E-state index contributed by atoms with van der Waals surface area (Å²) in [6, 6.07) is 7.48. The van der Waals surface area contributed by atoms with E-state index >= 15 is 0 Å². The number of aryl methyl sites for hydroxylation is 1. The van der Waals surface area contributed by atoms with Crippen LogP contribution in [0.4, 0.5) is 0 Å². The third-order valence-electron chi connectivity index (χ3n) is 5.11. The minimum absolute atomic E-state index is 0.701. The molecule has 0 aliphatic heterocycles. The maximum atomic E-state index is 3.81. The van der Waals surface area contributed by atoms with E-state index in [2.05, 4.69) is 39.4 Å². The van der Waals surface area contributed by atoms with Gasteiger partial charge < -0.3 is 5.32 Å². The number of nitrogens with one attached hydrogen (secondary N) is 1. The molecule has 0 spiro atoms. The Bertz CT molecular complexity index is 437. The summed E-state index contributed by atoms with van der Waals surface area (Å²) in [5, 5.41) is 3.81. The van der Waals surface area contributed by atoms with Crippen LogP contribution >= 0.6 is 15.9 Å². The van der Waals surface area contributed by atoms with Crippen molar-refractivity contribution in [3.8, 4) is 0 Å². The van der Waals surface area contributed by atoms with Gasteiger partial charge in [0.2, 0.25) is 0 Å². The summed E-state index contributed by atoms with van der Waals surface area (Å²) in [6.45, 7) is 1.22. The van der Waals surface area contributed by atoms with E-state index in [1.807, 2.05) is 0 Å². The average Bonchev–Trinajstić information content (AvgIpc) is 2.48. The molecule has 0 bridgehead atoms. The summed E-state index contributed by atoms with van der Waals surface area (Å²) in [7, 11) is 0. The van der Waals surface area contributed by atoms with Crippen LogP contribution in [0.25, 0.3) is 0 Å². The molecule has 1 atom stereocenters. The van der Waals surface area contributed by atoms with Crippen molar-refractivity contribution >= 4 is 15.9 Å². The molecule has 0 heterocycles. The van der Waals surface area contributed by atoms with E-state index in [1.165, 1.54) is 68.8 Å². The van der Waals surface area contributed by atoms with E-state index < -0.39 is 0 Å². The Morgan fingerprint density at radius 3 is 2.75 bits per heavy atom. The molecular formula is C18H26BrN. The Morgan fingerprint density at radius 2 is 1.90 bits per heavy atom. The first kappa shape index (κ1) is 14.6. The molecule has 3 rings (SSSR count). The quantitative estimate of drug-likeness (QED) is 0.827. The number of hydrogen-bond acceptors (Lipinski definition) is 1. The average molecular weight is 336 g/mol. The molecule has 110 valence electrons. The highest BCUT2D eigenvalue weighted by Gasteiger charge is 2.19. The zero-order valence-corrected chi connectivity index (χ0v) is 13.9. The summed E-state index contributed by atoms with van der Waals surface area (Å²) < 4.78 is 1.22. The molecule has 1 saturated carbocycles. The van der Waals surface area contributed by atoms with Gasteiger partial charge in [0.15, 0.2) is 0 Å². The SMILES string of the molecule is Brc1ccc2c(c1)CCC(NCCC1CCCCC1)C2. The maximum absolute atomic E-state index is 3.81. The molecule has 0 amide bonds. The molecule has 1 aromatic rings. The highest BCUT2D eigenvalue weighted by Crippen LogP contribution is 2.27. The fourth-order valence-electron chi connectivity index (χ4n) is 3.87. The normalized spacial score (nSPS) is 23.6. The second-order valence-electron chi connectivity index (χ2n) is 6.60. The summed E-state index contributed by atoms with van der Waals surface area (Å²) in [6.07, 6.45) is 12.5. The first-order valence-electron chi connectivity index (χ1n) is 8.32. The van der Waals surface area contributed by atoms with Crippen LogP contribution in [0.2, 0.25) is 0 Å². The number of fused-ring (bicyclic) bond motifs is 1. The van der Waals surface area contributed by atoms with Crippen LogP contribution in [0.3, 0.4) is 0 Å². The Labute approximate surface area is 131 Å². The van der Waals surface area contributed by atoms with E-state index in [4.69, 9.17) is 0 Å². The molecule has 1 fully saturated rings. The second-order valence-corrected chi connectivity index (χ2v) is 7.52. The zero-order valence-electron chi connectivity index (χ0n) is 12.3. The molecule has 0 aromatic heterocycles. The van der Waals surface area contributed by atoms with Crippen molar-refractivity contribution < 1.29 is 0 Å². The predicted octanol–water partition coefficient (Wildman–Crippen LogP) is 4.87. The lowest BCUT2D eigenvalue weighted by Crippen LogP contribution is -2.35. The number of rotatable bonds is 4. The molecule has 2 aliphatic carbocycles. The van der Waals surface area contributed by atoms with E-state index in [0.29, 0.717) is 6.04 Å². The summed E-state index contributed by atoms with van der Waals surface area (Å²) in [4.78, 5) is 0. The van der Waals surface area contributed by atoms with Gasteiger partial charge in [0.1, 0.15) is 0 Å². The standard InChI is InChI=1S/C18H26BrN/c19-17-8-6-16-13-18(9-7-15(16)12-17)20-11-10-14-4-2-1-3-5-14/h6,8,12,14,18,20H,1-5,7,9-11,13H2. The third-order valence-corrected chi connectivity index (χ3v) is 5.60. The fourth-order valence-corrected chi connectivity index (χ4v) is 4.27. The van der Waals surface area contributed by atoms with Crippen molar-refractivity contribution in [2.24, 2.45) is 5.92 Å². The van der Waals surface area contributed by atoms with Crippen LogP contribution in [0.5, 0.6) is 0 Å². The fraction of sp³-hybridized carbons (Fsp3) is 0.667. The molecule has 2 aliphatic rings. The van der Waals surface area contributed by atoms with Gasteiger partial charge in [0, 0.05) is 10.5 Å². The summed E-state index contributed by atoms with van der Waals surface area (Å²) in [5.41, 5.74) is 3.10. The van der Waals surface area contributed by atoms with E-state index in [1.54, 1.807) is 11.1 Å². The van der Waals surface area contributed by atoms with Crippen LogP contribution in [0, 0.1) is 5.92 Å². The Kier molecular flexibility index (Phi) is 5.17. The molecule has 1 aromatic carbocycles. The van der Waals surface area contributed by atoms with Crippen LogP contribution in [-0.2, 0) is 12.8 Å². The van der Waals surface area contributed by atoms with Gasteiger partial charge in [-0.3, -0.25) is 0 Å². The van der Waals surface area contributed by atoms with Crippen LogP contribution < -0.4 is 5.32 Å². The predicted molar refractivity (Wildman–Crippen MR) is 89.1 cm³/mol. The van der Waals surface area contributed by atoms with Gasteiger partial charge in [0.25, 0.3) is 0 Å². The number of halogens is 1. The molecular weight excluding hydrogens is 310 g/mol. The summed E-state index contributed by atoms with van der Waals surface area (Å²) in [5.74, 6) is 1.00. The molecule has 2 heteroatoms. The van der Waals surface area contributed by atoms with Gasteiger partial charge in [-0.05, 0) is 61.4 Å². The lowest BCUT2D eigenvalue weighted by atomic mass is 9.86. The van der Waals surface area contributed by atoms with Crippen molar-refractivity contribution in [2.45, 2.75) is 63.8 Å². The molecule has 20 heavy (non-hydrogen) atoms. The number of benzene rings is 1. The van der Waals surface area contributed by atoms with Gasteiger partial charge in [-0.1, -0.05) is 54.1 Å². The largest absolute Gasteiger partial charge is 0.314 e. The molecule has 1 unspecified atom stereocenters.